The first-order valence-electron chi connectivity index (χ1n) is 7.17. The van der Waals surface area contributed by atoms with Crippen molar-refractivity contribution in [2.45, 2.75) is 6.92 Å². The van der Waals surface area contributed by atoms with Crippen LogP contribution < -0.4 is 5.56 Å². The van der Waals surface area contributed by atoms with Crippen LogP contribution in [0.5, 0.6) is 0 Å². The van der Waals surface area contributed by atoms with Gasteiger partial charge in [-0.1, -0.05) is 23.7 Å². The van der Waals surface area contributed by atoms with Crippen molar-refractivity contribution in [3.63, 3.8) is 0 Å². The molecule has 0 saturated carbocycles. The molecule has 0 bridgehead atoms. The highest BCUT2D eigenvalue weighted by molar-refractivity contribution is 6.32. The van der Waals surface area contributed by atoms with E-state index in [9.17, 15) is 14.0 Å². The highest BCUT2D eigenvalue weighted by Gasteiger charge is 2.21. The Morgan fingerprint density at radius 2 is 2.04 bits per heavy atom. The minimum atomic E-state index is -0.763. The number of carbonyl (C=O) groups is 1. The number of ether oxygens (including phenoxy) is 1. The van der Waals surface area contributed by atoms with Gasteiger partial charge in [0.1, 0.15) is 5.82 Å². The lowest BCUT2D eigenvalue weighted by Crippen LogP contribution is -2.27. The SMILES string of the molecule is CCOC(=O)c1nc2ccccc2c(=O)n1-c1ccc(F)cc1Cl. The molecule has 0 aliphatic heterocycles. The van der Waals surface area contributed by atoms with E-state index >= 15 is 0 Å². The molecule has 5 nitrogen and oxygen atoms in total. The van der Waals surface area contributed by atoms with E-state index in [-0.39, 0.29) is 23.1 Å². The van der Waals surface area contributed by atoms with Gasteiger partial charge in [0.2, 0.25) is 5.82 Å². The van der Waals surface area contributed by atoms with E-state index in [0.717, 1.165) is 16.7 Å². The minimum absolute atomic E-state index is 0.0141. The Labute approximate surface area is 141 Å². The summed E-state index contributed by atoms with van der Waals surface area (Å²) in [5.74, 6) is -1.53. The Kier molecular flexibility index (Phi) is 4.31. The Balaban J connectivity index is 2.39. The summed E-state index contributed by atoms with van der Waals surface area (Å²) in [6.07, 6.45) is 0. The molecule has 0 fully saturated rings. The van der Waals surface area contributed by atoms with Crippen LogP contribution in [-0.2, 0) is 4.74 Å². The third kappa shape index (κ3) is 2.76. The quantitative estimate of drug-likeness (QED) is 0.682. The summed E-state index contributed by atoms with van der Waals surface area (Å²) in [6.45, 7) is 1.77. The van der Waals surface area contributed by atoms with Gasteiger partial charge in [0.25, 0.3) is 5.56 Å². The Morgan fingerprint density at radius 3 is 2.75 bits per heavy atom. The largest absolute Gasteiger partial charge is 0.460 e. The van der Waals surface area contributed by atoms with Crippen molar-refractivity contribution in [3.05, 3.63) is 69.5 Å². The van der Waals surface area contributed by atoms with Crippen molar-refractivity contribution < 1.29 is 13.9 Å². The van der Waals surface area contributed by atoms with Crippen LogP contribution in [0.25, 0.3) is 16.6 Å². The zero-order valence-electron chi connectivity index (χ0n) is 12.6. The first kappa shape index (κ1) is 16.1. The average molecular weight is 347 g/mol. The molecule has 0 aliphatic carbocycles. The summed E-state index contributed by atoms with van der Waals surface area (Å²) in [6, 6.07) is 10.1. The summed E-state index contributed by atoms with van der Waals surface area (Å²) < 4.78 is 19.3. The summed E-state index contributed by atoms with van der Waals surface area (Å²) in [7, 11) is 0. The van der Waals surface area contributed by atoms with E-state index in [0.29, 0.717) is 10.9 Å². The number of rotatable bonds is 3. The monoisotopic (exact) mass is 346 g/mol. The third-order valence-corrected chi connectivity index (χ3v) is 3.69. The van der Waals surface area contributed by atoms with Crippen molar-refractivity contribution in [2.24, 2.45) is 0 Å². The smallest absolute Gasteiger partial charge is 0.375 e. The van der Waals surface area contributed by atoms with Gasteiger partial charge in [-0.15, -0.1) is 0 Å². The molecule has 0 N–H and O–H groups in total. The Bertz CT molecular complexity index is 1000. The lowest BCUT2D eigenvalue weighted by atomic mass is 10.2. The van der Waals surface area contributed by atoms with Gasteiger partial charge in [-0.25, -0.2) is 14.2 Å². The van der Waals surface area contributed by atoms with E-state index in [1.165, 1.54) is 6.07 Å². The lowest BCUT2D eigenvalue weighted by molar-refractivity contribution is 0.0508. The zero-order chi connectivity index (χ0) is 17.3. The third-order valence-electron chi connectivity index (χ3n) is 3.38. The fraction of sp³-hybridized carbons (Fsp3) is 0.118. The van der Waals surface area contributed by atoms with Gasteiger partial charge < -0.3 is 4.74 Å². The van der Waals surface area contributed by atoms with Crippen LogP contribution in [0.1, 0.15) is 17.5 Å². The Hall–Kier alpha value is -2.73. The summed E-state index contributed by atoms with van der Waals surface area (Å²) in [5, 5.41) is 0.297. The number of halogens is 2. The van der Waals surface area contributed by atoms with Gasteiger partial charge in [0, 0.05) is 0 Å². The van der Waals surface area contributed by atoms with Crippen LogP contribution in [-0.4, -0.2) is 22.1 Å². The number of para-hydroxylation sites is 1. The van der Waals surface area contributed by atoms with Crippen molar-refractivity contribution in [1.82, 2.24) is 9.55 Å². The molecule has 7 heteroatoms. The highest BCUT2D eigenvalue weighted by Crippen LogP contribution is 2.22. The zero-order valence-corrected chi connectivity index (χ0v) is 13.4. The molecule has 24 heavy (non-hydrogen) atoms. The minimum Gasteiger partial charge on any atom is -0.460 e. The van der Waals surface area contributed by atoms with E-state index in [2.05, 4.69) is 4.98 Å². The van der Waals surface area contributed by atoms with Crippen LogP contribution in [0.2, 0.25) is 5.02 Å². The number of esters is 1. The number of aromatic nitrogens is 2. The molecule has 0 aliphatic rings. The van der Waals surface area contributed by atoms with Crippen LogP contribution >= 0.6 is 11.6 Å². The molecule has 3 aromatic rings. The van der Waals surface area contributed by atoms with E-state index in [1.807, 2.05) is 0 Å². The van der Waals surface area contributed by atoms with Crippen LogP contribution in [0.15, 0.2) is 47.3 Å². The first-order valence-corrected chi connectivity index (χ1v) is 7.55. The molecule has 0 spiro atoms. The molecule has 0 atom stereocenters. The summed E-state index contributed by atoms with van der Waals surface area (Å²) >= 11 is 6.06. The maximum absolute atomic E-state index is 13.3. The fourth-order valence-electron chi connectivity index (χ4n) is 2.35. The molecule has 1 heterocycles. The summed E-state index contributed by atoms with van der Waals surface area (Å²) in [5.41, 5.74) is 0.0292. The molecular formula is C17H12ClFN2O3. The second-order valence-corrected chi connectivity index (χ2v) is 5.32. The predicted octanol–water partition coefficient (Wildman–Crippen LogP) is 3.35. The first-order chi connectivity index (χ1) is 11.5. The molecule has 1 aromatic heterocycles. The molecule has 0 amide bonds. The van der Waals surface area contributed by atoms with Crippen molar-refractivity contribution in [2.75, 3.05) is 6.61 Å². The molecule has 2 aromatic carbocycles. The Morgan fingerprint density at radius 1 is 1.29 bits per heavy atom. The van der Waals surface area contributed by atoms with Crippen molar-refractivity contribution in [1.29, 1.82) is 0 Å². The van der Waals surface area contributed by atoms with E-state index in [1.54, 1.807) is 31.2 Å². The molecule has 122 valence electrons. The fourth-order valence-corrected chi connectivity index (χ4v) is 2.60. The maximum Gasteiger partial charge on any atom is 0.375 e. The van der Waals surface area contributed by atoms with E-state index in [4.69, 9.17) is 16.3 Å². The number of hydrogen-bond donors (Lipinski definition) is 0. The molecule has 3 rings (SSSR count). The van der Waals surface area contributed by atoms with Crippen LogP contribution in [0.4, 0.5) is 4.39 Å². The topological polar surface area (TPSA) is 61.2 Å². The molecule has 0 saturated heterocycles. The van der Waals surface area contributed by atoms with Crippen molar-refractivity contribution >= 4 is 28.5 Å². The highest BCUT2D eigenvalue weighted by atomic mass is 35.5. The van der Waals surface area contributed by atoms with Crippen molar-refractivity contribution in [3.8, 4) is 5.69 Å². The van der Waals surface area contributed by atoms with Crippen LogP contribution in [0.3, 0.4) is 0 Å². The predicted molar refractivity (Wildman–Crippen MR) is 88.3 cm³/mol. The second kappa shape index (κ2) is 6.41. The van der Waals surface area contributed by atoms with Gasteiger partial charge in [-0.3, -0.25) is 9.36 Å². The number of fused-ring (bicyclic) bond motifs is 1. The maximum atomic E-state index is 13.3. The second-order valence-electron chi connectivity index (χ2n) is 4.91. The molecule has 0 radical (unpaired) electrons. The van der Waals surface area contributed by atoms with Gasteiger partial charge in [0.05, 0.1) is 28.2 Å². The van der Waals surface area contributed by atoms with E-state index < -0.39 is 17.3 Å². The molecular weight excluding hydrogens is 335 g/mol. The van der Waals surface area contributed by atoms with Gasteiger partial charge in [-0.2, -0.15) is 0 Å². The average Bonchev–Trinajstić information content (AvgIpc) is 2.56. The number of nitrogens with zero attached hydrogens (tertiary/aromatic N) is 2. The van der Waals surface area contributed by atoms with Crippen LogP contribution in [0, 0.1) is 5.82 Å². The summed E-state index contributed by atoms with van der Waals surface area (Å²) in [4.78, 5) is 29.3. The number of benzene rings is 2. The van der Waals surface area contributed by atoms with Gasteiger partial charge in [-0.05, 0) is 37.3 Å². The number of hydrogen-bond acceptors (Lipinski definition) is 4. The van der Waals surface area contributed by atoms with Gasteiger partial charge in [0.15, 0.2) is 0 Å². The standard InChI is InChI=1S/C17H12ClFN2O3/c1-2-24-17(23)15-20-13-6-4-3-5-11(13)16(22)21(15)14-8-7-10(19)9-12(14)18/h3-9H,2H2,1H3. The molecule has 0 unspecified atom stereocenters. The lowest BCUT2D eigenvalue weighted by Gasteiger charge is -2.13. The normalized spacial score (nSPS) is 10.8. The number of carbonyl (C=O) groups excluding carboxylic acids is 1. The van der Waals surface area contributed by atoms with Gasteiger partial charge >= 0.3 is 5.97 Å².